The largest absolute Gasteiger partial charge is 0.356 e. The summed E-state index contributed by atoms with van der Waals surface area (Å²) in [6.07, 6.45) is 2.30. The highest BCUT2D eigenvalue weighted by molar-refractivity contribution is 5.41. The summed E-state index contributed by atoms with van der Waals surface area (Å²) in [4.78, 5) is 20.7. The van der Waals surface area contributed by atoms with Crippen molar-refractivity contribution in [3.63, 3.8) is 0 Å². The van der Waals surface area contributed by atoms with E-state index in [2.05, 4.69) is 9.97 Å². The molecule has 6 nitrogen and oxygen atoms in total. The van der Waals surface area contributed by atoms with Gasteiger partial charge in [-0.05, 0) is 23.6 Å². The Morgan fingerprint density at radius 1 is 1.08 bits per heavy atom. The Hall–Kier alpha value is -2.99. The molecule has 122 valence electrons. The first-order valence-corrected chi connectivity index (χ1v) is 7.79. The van der Waals surface area contributed by atoms with Crippen molar-refractivity contribution in [1.29, 1.82) is 0 Å². The van der Waals surface area contributed by atoms with Crippen molar-refractivity contribution in [3.8, 4) is 5.69 Å². The third kappa shape index (κ3) is 3.33. The Bertz CT molecular complexity index is 876. The predicted octanol–water partition coefficient (Wildman–Crippen LogP) is 2.07. The van der Waals surface area contributed by atoms with E-state index in [0.29, 0.717) is 6.54 Å². The van der Waals surface area contributed by atoms with Crippen molar-refractivity contribution in [1.82, 2.24) is 14.5 Å². The molecular weight excluding hydrogens is 302 g/mol. The van der Waals surface area contributed by atoms with Crippen molar-refractivity contribution in [2.45, 2.75) is 19.9 Å². The highest BCUT2D eigenvalue weighted by Gasteiger charge is 2.11. The fourth-order valence-corrected chi connectivity index (χ4v) is 2.53. The number of aromatic nitrogens is 3. The van der Waals surface area contributed by atoms with Crippen LogP contribution in [0.2, 0.25) is 0 Å². The highest BCUT2D eigenvalue weighted by atomic mass is 16.1. The van der Waals surface area contributed by atoms with Crippen LogP contribution in [0.3, 0.4) is 0 Å². The zero-order valence-corrected chi connectivity index (χ0v) is 13.5. The van der Waals surface area contributed by atoms with Gasteiger partial charge in [-0.1, -0.05) is 55.5 Å². The van der Waals surface area contributed by atoms with E-state index in [0.717, 1.165) is 23.2 Å². The summed E-state index contributed by atoms with van der Waals surface area (Å²) in [5.74, 6) is 6.20. The summed E-state index contributed by atoms with van der Waals surface area (Å²) in [6, 6.07) is 17.4. The molecule has 2 N–H and O–H groups in total. The van der Waals surface area contributed by atoms with Gasteiger partial charge in [-0.3, -0.25) is 9.58 Å². The topological polar surface area (TPSA) is 77.0 Å². The Kier molecular flexibility index (Phi) is 4.67. The van der Waals surface area contributed by atoms with Crippen molar-refractivity contribution >= 4 is 5.95 Å². The van der Waals surface area contributed by atoms with Gasteiger partial charge in [0.15, 0.2) is 0 Å². The maximum atomic E-state index is 12.4. The molecule has 24 heavy (non-hydrogen) atoms. The maximum Gasteiger partial charge on any atom is 0.356 e. The van der Waals surface area contributed by atoms with Crippen LogP contribution in [-0.2, 0) is 13.0 Å². The number of nitrogens with two attached hydrogens (primary N) is 1. The average Bonchev–Trinajstić information content (AvgIpc) is 2.62. The number of hydrogen-bond acceptors (Lipinski definition) is 5. The minimum atomic E-state index is -0.399. The molecule has 0 unspecified atom stereocenters. The van der Waals surface area contributed by atoms with Gasteiger partial charge in [-0.25, -0.2) is 15.6 Å². The zero-order valence-electron chi connectivity index (χ0n) is 13.5. The van der Waals surface area contributed by atoms with Gasteiger partial charge in [0, 0.05) is 0 Å². The first-order chi connectivity index (χ1) is 11.7. The molecule has 0 aliphatic rings. The van der Waals surface area contributed by atoms with Crippen LogP contribution in [0.1, 0.15) is 18.1 Å². The second-order valence-electron chi connectivity index (χ2n) is 5.40. The molecule has 0 radical (unpaired) electrons. The quantitative estimate of drug-likeness (QED) is 0.575. The Morgan fingerprint density at radius 2 is 1.79 bits per heavy atom. The molecule has 0 spiro atoms. The van der Waals surface area contributed by atoms with Gasteiger partial charge in [-0.15, -0.1) is 0 Å². The fourth-order valence-electron chi connectivity index (χ4n) is 2.53. The van der Waals surface area contributed by atoms with Crippen molar-refractivity contribution < 1.29 is 0 Å². The number of benzene rings is 2. The van der Waals surface area contributed by atoms with E-state index in [-0.39, 0.29) is 5.95 Å². The van der Waals surface area contributed by atoms with Crippen LogP contribution in [0, 0.1) is 0 Å². The smallest absolute Gasteiger partial charge is 0.274 e. The van der Waals surface area contributed by atoms with Crippen LogP contribution in [0.25, 0.3) is 5.69 Å². The molecule has 0 saturated heterocycles. The van der Waals surface area contributed by atoms with Gasteiger partial charge < -0.3 is 0 Å². The maximum absolute atomic E-state index is 12.4. The molecule has 0 aliphatic carbocycles. The lowest BCUT2D eigenvalue weighted by atomic mass is 10.1. The lowest BCUT2D eigenvalue weighted by Crippen LogP contribution is -2.35. The number of anilines is 1. The number of hydrogen-bond donors (Lipinski definition) is 1. The summed E-state index contributed by atoms with van der Waals surface area (Å²) >= 11 is 0. The molecule has 2 aromatic carbocycles. The van der Waals surface area contributed by atoms with Gasteiger partial charge in [0.05, 0.1) is 12.2 Å². The van der Waals surface area contributed by atoms with Crippen LogP contribution in [0.5, 0.6) is 0 Å². The second kappa shape index (κ2) is 7.06. The molecule has 1 heterocycles. The number of para-hydroxylation sites is 1. The van der Waals surface area contributed by atoms with E-state index in [1.165, 1.54) is 15.9 Å². The van der Waals surface area contributed by atoms with Gasteiger partial charge >= 0.3 is 5.69 Å². The molecule has 0 amide bonds. The molecule has 1 aromatic heterocycles. The number of aryl methyl sites for hydroxylation is 1. The van der Waals surface area contributed by atoms with Crippen molar-refractivity contribution in [3.05, 3.63) is 82.5 Å². The first-order valence-electron chi connectivity index (χ1n) is 7.79. The van der Waals surface area contributed by atoms with E-state index in [1.54, 1.807) is 0 Å². The van der Waals surface area contributed by atoms with Crippen LogP contribution in [0.4, 0.5) is 5.95 Å². The average molecular weight is 321 g/mol. The third-order valence-corrected chi connectivity index (χ3v) is 3.78. The molecule has 0 bridgehead atoms. The summed E-state index contributed by atoms with van der Waals surface area (Å²) in [5.41, 5.74) is 2.47. The molecule has 0 aliphatic heterocycles. The SMILES string of the molecule is CCc1ccccc1-n1cnc(N(N)Cc2ccccc2)nc1=O. The molecule has 0 saturated carbocycles. The van der Waals surface area contributed by atoms with Crippen LogP contribution in [-0.4, -0.2) is 14.5 Å². The standard InChI is InChI=1S/C18H19N5O/c1-2-15-10-6-7-11-16(15)22-13-20-17(21-18(22)24)23(19)12-14-8-4-3-5-9-14/h3-11,13H,2,12,19H2,1H3. The number of hydrazine groups is 1. The van der Waals surface area contributed by atoms with E-state index in [1.807, 2.05) is 61.5 Å². The van der Waals surface area contributed by atoms with Gasteiger partial charge in [0.2, 0.25) is 5.95 Å². The molecule has 3 rings (SSSR count). The van der Waals surface area contributed by atoms with E-state index in [9.17, 15) is 4.79 Å². The Balaban J connectivity index is 1.89. The minimum absolute atomic E-state index is 0.203. The van der Waals surface area contributed by atoms with E-state index >= 15 is 0 Å². The monoisotopic (exact) mass is 321 g/mol. The molecule has 6 heteroatoms. The summed E-state index contributed by atoms with van der Waals surface area (Å²) < 4.78 is 1.44. The molecule has 0 atom stereocenters. The normalized spacial score (nSPS) is 10.6. The molecule has 0 fully saturated rings. The van der Waals surface area contributed by atoms with Crippen LogP contribution < -0.4 is 16.5 Å². The Morgan fingerprint density at radius 3 is 2.50 bits per heavy atom. The molecular formula is C18H19N5O. The lowest BCUT2D eigenvalue weighted by molar-refractivity contribution is 0.762. The van der Waals surface area contributed by atoms with Crippen molar-refractivity contribution in [2.24, 2.45) is 5.84 Å². The number of nitrogens with zero attached hydrogens (tertiary/aromatic N) is 4. The van der Waals surface area contributed by atoms with E-state index in [4.69, 9.17) is 5.84 Å². The summed E-state index contributed by atoms with van der Waals surface area (Å²) in [6.45, 7) is 2.47. The summed E-state index contributed by atoms with van der Waals surface area (Å²) in [5, 5.41) is 1.37. The van der Waals surface area contributed by atoms with Crippen LogP contribution >= 0.6 is 0 Å². The zero-order chi connectivity index (χ0) is 16.9. The van der Waals surface area contributed by atoms with Crippen molar-refractivity contribution in [2.75, 3.05) is 5.01 Å². The van der Waals surface area contributed by atoms with Crippen LogP contribution in [0.15, 0.2) is 65.7 Å². The van der Waals surface area contributed by atoms with Gasteiger partial charge in [0.25, 0.3) is 0 Å². The second-order valence-corrected chi connectivity index (χ2v) is 5.40. The fraction of sp³-hybridized carbons (Fsp3) is 0.167. The van der Waals surface area contributed by atoms with Gasteiger partial charge in [0.1, 0.15) is 6.33 Å². The summed E-state index contributed by atoms with van der Waals surface area (Å²) in [7, 11) is 0. The van der Waals surface area contributed by atoms with E-state index < -0.39 is 5.69 Å². The number of rotatable bonds is 5. The lowest BCUT2D eigenvalue weighted by Gasteiger charge is -2.17. The van der Waals surface area contributed by atoms with Gasteiger partial charge in [-0.2, -0.15) is 4.98 Å². The third-order valence-electron chi connectivity index (χ3n) is 3.78. The predicted molar refractivity (Wildman–Crippen MR) is 93.8 cm³/mol. The molecule has 3 aromatic rings. The first kappa shape index (κ1) is 15.9. The Labute approximate surface area is 140 Å². The highest BCUT2D eigenvalue weighted by Crippen LogP contribution is 2.13. The minimum Gasteiger partial charge on any atom is -0.274 e.